The molecule has 0 saturated carbocycles. The highest BCUT2D eigenvalue weighted by Crippen LogP contribution is 2.21. The van der Waals surface area contributed by atoms with Crippen LogP contribution in [-0.4, -0.2) is 23.5 Å². The van der Waals surface area contributed by atoms with Gasteiger partial charge < -0.3 is 11.1 Å². The van der Waals surface area contributed by atoms with Gasteiger partial charge in [-0.15, -0.1) is 0 Å². The molecule has 0 aliphatic rings. The average molecular weight is 361 g/mol. The SMILES string of the molecule is CSCCCCCCNc1ccc(Br)cc1C(N)=S. The van der Waals surface area contributed by atoms with Gasteiger partial charge in [-0.1, -0.05) is 41.0 Å². The smallest absolute Gasteiger partial charge is 0.106 e. The normalized spacial score (nSPS) is 10.4. The summed E-state index contributed by atoms with van der Waals surface area (Å²) in [6.45, 7) is 0.969. The Labute approximate surface area is 134 Å². The summed E-state index contributed by atoms with van der Waals surface area (Å²) < 4.78 is 0.998. The summed E-state index contributed by atoms with van der Waals surface area (Å²) in [7, 11) is 0. The molecule has 0 amide bonds. The van der Waals surface area contributed by atoms with Crippen LogP contribution in [0, 0.1) is 0 Å². The summed E-state index contributed by atoms with van der Waals surface area (Å²) in [6.07, 6.45) is 7.24. The second-order valence-corrected chi connectivity index (χ2v) is 6.73. The van der Waals surface area contributed by atoms with E-state index in [4.69, 9.17) is 18.0 Å². The van der Waals surface area contributed by atoms with Crippen molar-refractivity contribution in [2.24, 2.45) is 5.73 Å². The van der Waals surface area contributed by atoms with E-state index in [2.05, 4.69) is 27.5 Å². The van der Waals surface area contributed by atoms with E-state index in [9.17, 15) is 0 Å². The lowest BCUT2D eigenvalue weighted by molar-refractivity contribution is 0.689. The monoisotopic (exact) mass is 360 g/mol. The summed E-state index contributed by atoms with van der Waals surface area (Å²) >= 11 is 10.4. The number of rotatable bonds is 9. The zero-order valence-corrected chi connectivity index (χ0v) is 14.5. The highest BCUT2D eigenvalue weighted by atomic mass is 79.9. The van der Waals surface area contributed by atoms with Crippen molar-refractivity contribution in [3.05, 3.63) is 28.2 Å². The molecule has 0 heterocycles. The Morgan fingerprint density at radius 2 is 2.05 bits per heavy atom. The molecule has 0 spiro atoms. The van der Waals surface area contributed by atoms with Gasteiger partial charge in [-0.2, -0.15) is 11.8 Å². The molecule has 0 atom stereocenters. The summed E-state index contributed by atoms with van der Waals surface area (Å²) in [5.41, 5.74) is 7.67. The quantitative estimate of drug-likeness (QED) is 0.504. The number of anilines is 1. The van der Waals surface area contributed by atoms with E-state index in [1.807, 2.05) is 30.0 Å². The van der Waals surface area contributed by atoms with Crippen LogP contribution in [0.25, 0.3) is 0 Å². The Bertz CT molecular complexity index is 410. The fourth-order valence-electron chi connectivity index (χ4n) is 1.82. The molecular formula is C14H21BrN2S2. The lowest BCUT2D eigenvalue weighted by Crippen LogP contribution is -2.13. The first-order chi connectivity index (χ1) is 9.15. The second kappa shape index (κ2) is 9.61. The number of thioether (sulfide) groups is 1. The Hall–Kier alpha value is -0.260. The highest BCUT2D eigenvalue weighted by Gasteiger charge is 2.05. The van der Waals surface area contributed by atoms with Crippen LogP contribution in [0.15, 0.2) is 22.7 Å². The maximum Gasteiger partial charge on any atom is 0.106 e. The third-order valence-electron chi connectivity index (χ3n) is 2.84. The molecule has 0 unspecified atom stereocenters. The van der Waals surface area contributed by atoms with Gasteiger partial charge in [0, 0.05) is 22.3 Å². The third-order valence-corrected chi connectivity index (χ3v) is 4.25. The molecule has 0 aromatic heterocycles. The third kappa shape index (κ3) is 6.63. The topological polar surface area (TPSA) is 38.0 Å². The number of thiocarbonyl (C=S) groups is 1. The summed E-state index contributed by atoms with van der Waals surface area (Å²) in [5.74, 6) is 1.27. The number of benzene rings is 1. The fourth-order valence-corrected chi connectivity index (χ4v) is 2.85. The molecule has 106 valence electrons. The predicted molar refractivity (Wildman–Crippen MR) is 95.4 cm³/mol. The van der Waals surface area contributed by atoms with Crippen molar-refractivity contribution in [3.8, 4) is 0 Å². The molecule has 1 aromatic carbocycles. The van der Waals surface area contributed by atoms with Crippen LogP contribution in [0.1, 0.15) is 31.2 Å². The van der Waals surface area contributed by atoms with Crippen LogP contribution < -0.4 is 11.1 Å². The van der Waals surface area contributed by atoms with Crippen LogP contribution in [0.2, 0.25) is 0 Å². The first kappa shape index (κ1) is 16.8. The average Bonchev–Trinajstić information content (AvgIpc) is 2.39. The van der Waals surface area contributed by atoms with Crippen molar-refractivity contribution in [3.63, 3.8) is 0 Å². The van der Waals surface area contributed by atoms with Crippen molar-refractivity contribution in [1.29, 1.82) is 0 Å². The van der Waals surface area contributed by atoms with E-state index in [0.29, 0.717) is 4.99 Å². The van der Waals surface area contributed by atoms with E-state index in [0.717, 1.165) is 22.3 Å². The van der Waals surface area contributed by atoms with Crippen molar-refractivity contribution < 1.29 is 0 Å². The van der Waals surface area contributed by atoms with E-state index in [1.54, 1.807) is 0 Å². The molecule has 19 heavy (non-hydrogen) atoms. The first-order valence-electron chi connectivity index (χ1n) is 6.47. The lowest BCUT2D eigenvalue weighted by Gasteiger charge is -2.11. The zero-order chi connectivity index (χ0) is 14.1. The summed E-state index contributed by atoms with van der Waals surface area (Å²) in [4.78, 5) is 0.434. The lowest BCUT2D eigenvalue weighted by atomic mass is 10.1. The molecule has 0 radical (unpaired) electrons. The Kier molecular flexibility index (Phi) is 8.50. The van der Waals surface area contributed by atoms with Gasteiger partial charge in [-0.05, 0) is 43.0 Å². The highest BCUT2D eigenvalue weighted by molar-refractivity contribution is 9.10. The maximum absolute atomic E-state index is 5.74. The second-order valence-electron chi connectivity index (χ2n) is 4.39. The Morgan fingerprint density at radius 3 is 2.74 bits per heavy atom. The van der Waals surface area contributed by atoms with Crippen LogP contribution in [0.3, 0.4) is 0 Å². The first-order valence-corrected chi connectivity index (χ1v) is 9.07. The maximum atomic E-state index is 5.74. The van der Waals surface area contributed by atoms with Crippen molar-refractivity contribution in [1.82, 2.24) is 0 Å². The summed E-state index contributed by atoms with van der Waals surface area (Å²) in [5, 5.41) is 3.42. The van der Waals surface area contributed by atoms with E-state index in [1.165, 1.54) is 31.4 Å². The standard InChI is InChI=1S/C14H21BrN2S2/c1-19-9-5-3-2-4-8-17-13-7-6-11(15)10-12(13)14(16)18/h6-7,10,17H,2-5,8-9H2,1H3,(H2,16,18). The predicted octanol–water partition coefficient (Wildman–Crippen LogP) is 4.42. The van der Waals surface area contributed by atoms with E-state index in [-0.39, 0.29) is 0 Å². The van der Waals surface area contributed by atoms with E-state index >= 15 is 0 Å². The van der Waals surface area contributed by atoms with E-state index < -0.39 is 0 Å². The van der Waals surface area contributed by atoms with Crippen LogP contribution >= 0.6 is 39.9 Å². The molecule has 1 rings (SSSR count). The molecule has 0 aliphatic heterocycles. The van der Waals surface area contributed by atoms with Crippen LogP contribution in [-0.2, 0) is 0 Å². The number of hydrogen-bond donors (Lipinski definition) is 2. The van der Waals surface area contributed by atoms with Gasteiger partial charge in [0.2, 0.25) is 0 Å². The number of nitrogens with one attached hydrogen (secondary N) is 1. The molecule has 0 aliphatic carbocycles. The van der Waals surface area contributed by atoms with Gasteiger partial charge in [0.05, 0.1) is 0 Å². The van der Waals surface area contributed by atoms with Crippen molar-refractivity contribution in [2.45, 2.75) is 25.7 Å². The number of halogens is 1. The van der Waals surface area contributed by atoms with Gasteiger partial charge in [-0.3, -0.25) is 0 Å². The number of nitrogens with two attached hydrogens (primary N) is 1. The van der Waals surface area contributed by atoms with Gasteiger partial charge in [0.25, 0.3) is 0 Å². The molecule has 1 aromatic rings. The fraction of sp³-hybridized carbons (Fsp3) is 0.500. The Balaban J connectivity index is 2.35. The molecule has 0 fully saturated rings. The minimum Gasteiger partial charge on any atom is -0.389 e. The molecule has 2 nitrogen and oxygen atoms in total. The molecule has 0 saturated heterocycles. The largest absolute Gasteiger partial charge is 0.389 e. The van der Waals surface area contributed by atoms with Gasteiger partial charge in [-0.25, -0.2) is 0 Å². The van der Waals surface area contributed by atoms with Crippen LogP contribution in [0.4, 0.5) is 5.69 Å². The number of unbranched alkanes of at least 4 members (excludes halogenated alkanes) is 3. The minimum atomic E-state index is 0.434. The Morgan fingerprint density at radius 1 is 1.32 bits per heavy atom. The summed E-state index contributed by atoms with van der Waals surface area (Å²) in [6, 6.07) is 5.98. The van der Waals surface area contributed by atoms with Crippen LogP contribution in [0.5, 0.6) is 0 Å². The zero-order valence-electron chi connectivity index (χ0n) is 11.2. The molecule has 5 heteroatoms. The number of hydrogen-bond acceptors (Lipinski definition) is 3. The van der Waals surface area contributed by atoms with Crippen molar-refractivity contribution in [2.75, 3.05) is 23.9 Å². The van der Waals surface area contributed by atoms with Gasteiger partial charge in [0.15, 0.2) is 0 Å². The van der Waals surface area contributed by atoms with Gasteiger partial charge in [0.1, 0.15) is 4.99 Å². The molecule has 3 N–H and O–H groups in total. The molecule has 0 bridgehead atoms. The molecular weight excluding hydrogens is 340 g/mol. The van der Waals surface area contributed by atoms with Crippen molar-refractivity contribution >= 4 is 50.6 Å². The minimum absolute atomic E-state index is 0.434. The van der Waals surface area contributed by atoms with Gasteiger partial charge >= 0.3 is 0 Å².